The van der Waals surface area contributed by atoms with Crippen LogP contribution in [0.5, 0.6) is 5.75 Å². The number of alkyl halides is 3. The number of methoxy groups -OCH3 is 1. The monoisotopic (exact) mass is 793 g/mol. The molecule has 0 saturated carbocycles. The first-order valence-corrected chi connectivity index (χ1v) is 17.3. The van der Waals surface area contributed by atoms with Crippen molar-refractivity contribution < 1.29 is 42.8 Å². The molecule has 0 spiro atoms. The van der Waals surface area contributed by atoms with Crippen molar-refractivity contribution in [3.05, 3.63) is 143 Å². The van der Waals surface area contributed by atoms with Crippen LogP contribution in [0, 0.1) is 5.41 Å². The van der Waals surface area contributed by atoms with Crippen LogP contribution in [0.4, 0.5) is 0 Å². The molecule has 4 aromatic carbocycles. The summed E-state index contributed by atoms with van der Waals surface area (Å²) in [5.41, 5.74) is 1.13. The van der Waals surface area contributed by atoms with Gasteiger partial charge in [-0.05, 0) is 59.3 Å². The number of esters is 3. The second-order valence-electron chi connectivity index (χ2n) is 11.6. The molecule has 54 heavy (non-hydrogen) atoms. The Morgan fingerprint density at radius 3 is 1.67 bits per heavy atom. The number of tetrazole rings is 1. The quantitative estimate of drug-likeness (QED) is 0.0531. The van der Waals surface area contributed by atoms with Crippen molar-refractivity contribution in [2.24, 2.45) is 0 Å². The number of hydrogen-bond acceptors (Lipinski definition) is 13. The molecule has 0 radical (unpaired) electrons. The third-order valence-corrected chi connectivity index (χ3v) is 8.47. The standard InChI is InChI=1S/C37H30Cl3N5O9/c1-49-26-19-17-22(18-20-26)21-45-43-31(42-44-45)29-27(50-32(46)23-11-5-2-6-12-23)28(51-33(47)24-13-7-3-8-14-24)30(35(53-29)54-36(41)37(38,39)40)52-34(48)25-15-9-4-10-16-25/h2-20,27-30,35,41H,21H2,1H3/t27-,28-,29-,30+,35+/m0/s1. The molecule has 17 heteroatoms. The molecular formula is C37H30Cl3N5O9. The first-order chi connectivity index (χ1) is 26.0. The number of rotatable bonds is 11. The maximum Gasteiger partial charge on any atom is 0.338 e. The highest BCUT2D eigenvalue weighted by Crippen LogP contribution is 2.39. The van der Waals surface area contributed by atoms with Crippen LogP contribution in [0.2, 0.25) is 0 Å². The summed E-state index contributed by atoms with van der Waals surface area (Å²) < 4.78 is 32.8. The molecule has 5 aromatic rings. The van der Waals surface area contributed by atoms with Gasteiger partial charge in [-0.2, -0.15) is 4.80 Å². The minimum absolute atomic E-state index is 0.101. The lowest BCUT2D eigenvalue weighted by Crippen LogP contribution is -2.60. The van der Waals surface area contributed by atoms with Crippen molar-refractivity contribution in [2.75, 3.05) is 7.11 Å². The first kappa shape index (κ1) is 38.2. The summed E-state index contributed by atoms with van der Waals surface area (Å²) >= 11 is 18.0. The van der Waals surface area contributed by atoms with Crippen molar-refractivity contribution in [3.63, 3.8) is 0 Å². The van der Waals surface area contributed by atoms with Crippen molar-refractivity contribution in [1.82, 2.24) is 20.2 Å². The van der Waals surface area contributed by atoms with E-state index in [1.807, 2.05) is 0 Å². The van der Waals surface area contributed by atoms with Crippen LogP contribution in [0.15, 0.2) is 115 Å². The Kier molecular flexibility index (Phi) is 12.1. The van der Waals surface area contributed by atoms with Gasteiger partial charge in [0.05, 0.1) is 30.3 Å². The highest BCUT2D eigenvalue weighted by Gasteiger charge is 2.56. The average molecular weight is 795 g/mol. The van der Waals surface area contributed by atoms with Crippen molar-refractivity contribution >= 4 is 58.6 Å². The van der Waals surface area contributed by atoms with Gasteiger partial charge in [0.2, 0.25) is 24.1 Å². The van der Waals surface area contributed by atoms with E-state index in [-0.39, 0.29) is 29.1 Å². The normalized spacial score (nSPS) is 19.6. The molecule has 1 aliphatic rings. The summed E-state index contributed by atoms with van der Waals surface area (Å²) in [6.45, 7) is 0.153. The minimum atomic E-state index is -2.40. The Morgan fingerprint density at radius 2 is 1.19 bits per heavy atom. The third-order valence-electron chi connectivity index (χ3n) is 7.95. The maximum absolute atomic E-state index is 13.8. The molecule has 0 unspecified atom stereocenters. The number of halogens is 3. The van der Waals surface area contributed by atoms with E-state index in [0.29, 0.717) is 5.75 Å². The molecule has 2 heterocycles. The molecule has 5 atom stereocenters. The van der Waals surface area contributed by atoms with E-state index in [4.69, 9.17) is 68.6 Å². The number of carbonyl (C=O) groups is 3. The van der Waals surface area contributed by atoms with E-state index in [0.717, 1.165) is 5.56 Å². The van der Waals surface area contributed by atoms with Crippen LogP contribution in [-0.2, 0) is 30.2 Å². The summed E-state index contributed by atoms with van der Waals surface area (Å²) in [4.78, 5) is 42.3. The molecular weight excluding hydrogens is 765 g/mol. The fourth-order valence-corrected chi connectivity index (χ4v) is 5.45. The van der Waals surface area contributed by atoms with Crippen LogP contribution in [-0.4, -0.2) is 79.5 Å². The number of hydrogen-bond donors (Lipinski definition) is 1. The summed E-state index contributed by atoms with van der Waals surface area (Å²) in [6, 6.07) is 30.9. The molecule has 1 aliphatic heterocycles. The van der Waals surface area contributed by atoms with Crippen LogP contribution in [0.25, 0.3) is 0 Å². The Labute approximate surface area is 323 Å². The van der Waals surface area contributed by atoms with Gasteiger partial charge in [-0.15, -0.1) is 10.2 Å². The van der Waals surface area contributed by atoms with Crippen LogP contribution in [0.3, 0.4) is 0 Å². The molecule has 278 valence electrons. The molecule has 1 saturated heterocycles. The van der Waals surface area contributed by atoms with E-state index >= 15 is 0 Å². The number of ether oxygens (including phenoxy) is 6. The summed E-state index contributed by atoms with van der Waals surface area (Å²) in [5, 5.41) is 21.2. The zero-order valence-corrected chi connectivity index (χ0v) is 30.4. The largest absolute Gasteiger partial charge is 0.497 e. The van der Waals surface area contributed by atoms with Crippen molar-refractivity contribution in [2.45, 2.75) is 41.0 Å². The van der Waals surface area contributed by atoms with Gasteiger partial charge in [-0.25, -0.2) is 14.4 Å². The smallest absolute Gasteiger partial charge is 0.338 e. The number of nitrogens with one attached hydrogen (secondary N) is 1. The van der Waals surface area contributed by atoms with Gasteiger partial charge in [0, 0.05) is 0 Å². The second kappa shape index (κ2) is 17.1. The van der Waals surface area contributed by atoms with Crippen LogP contribution in [0.1, 0.15) is 48.6 Å². The Bertz CT molecular complexity index is 2070. The fourth-order valence-electron chi connectivity index (χ4n) is 5.31. The van der Waals surface area contributed by atoms with Crippen LogP contribution < -0.4 is 4.74 Å². The Balaban J connectivity index is 1.45. The topological polar surface area (TPSA) is 174 Å². The molecule has 1 fully saturated rings. The van der Waals surface area contributed by atoms with Gasteiger partial charge in [0.15, 0.2) is 18.3 Å². The van der Waals surface area contributed by atoms with E-state index in [9.17, 15) is 14.4 Å². The predicted octanol–water partition coefficient (Wildman–Crippen LogP) is 6.17. The average Bonchev–Trinajstić information content (AvgIpc) is 3.65. The lowest BCUT2D eigenvalue weighted by atomic mass is 9.97. The summed E-state index contributed by atoms with van der Waals surface area (Å²) in [5.74, 6) is -3.10. The highest BCUT2D eigenvalue weighted by atomic mass is 35.6. The summed E-state index contributed by atoms with van der Waals surface area (Å²) in [7, 11) is 1.55. The van der Waals surface area contributed by atoms with Gasteiger partial charge >= 0.3 is 17.9 Å². The molecule has 0 aliphatic carbocycles. The highest BCUT2D eigenvalue weighted by molar-refractivity contribution is 6.76. The third kappa shape index (κ3) is 9.33. The molecule has 14 nitrogen and oxygen atoms in total. The second-order valence-corrected chi connectivity index (χ2v) is 13.9. The lowest BCUT2D eigenvalue weighted by molar-refractivity contribution is -0.278. The van der Waals surface area contributed by atoms with Crippen LogP contribution >= 0.6 is 34.8 Å². The van der Waals surface area contributed by atoms with E-state index < -0.39 is 58.3 Å². The van der Waals surface area contributed by atoms with Crippen molar-refractivity contribution in [1.29, 1.82) is 5.41 Å². The number of aromatic nitrogens is 4. The van der Waals surface area contributed by atoms with E-state index in [1.54, 1.807) is 86.0 Å². The summed E-state index contributed by atoms with van der Waals surface area (Å²) in [6.07, 6.45) is -8.45. The van der Waals surface area contributed by atoms with E-state index in [2.05, 4.69) is 15.4 Å². The van der Waals surface area contributed by atoms with Crippen molar-refractivity contribution in [3.8, 4) is 5.75 Å². The Morgan fingerprint density at radius 1 is 0.704 bits per heavy atom. The number of benzene rings is 4. The Hall–Kier alpha value is -5.54. The number of nitrogens with zero attached hydrogens (tertiary/aromatic N) is 4. The first-order valence-electron chi connectivity index (χ1n) is 16.2. The number of carbonyl (C=O) groups excluding carboxylic acids is 3. The molecule has 0 bridgehead atoms. The zero-order valence-electron chi connectivity index (χ0n) is 28.2. The SMILES string of the molecule is COc1ccc(Cn2nnc([C@H]3O[C@H](OC(=N)C(Cl)(Cl)Cl)[C@H](OC(=O)c4ccccc4)[C@@H](OC(=O)c4ccccc4)[C@@H]3OC(=O)c3ccccc3)n2)cc1. The van der Waals surface area contributed by atoms with E-state index in [1.165, 1.54) is 41.2 Å². The molecule has 1 N–H and O–H groups in total. The molecule has 6 rings (SSSR count). The minimum Gasteiger partial charge on any atom is -0.497 e. The van der Waals surface area contributed by atoms with Gasteiger partial charge in [0.25, 0.3) is 3.79 Å². The fraction of sp³-hybridized carbons (Fsp3) is 0.216. The lowest BCUT2D eigenvalue weighted by Gasteiger charge is -2.43. The van der Waals surface area contributed by atoms with Gasteiger partial charge in [-0.1, -0.05) is 102 Å². The van der Waals surface area contributed by atoms with Gasteiger partial charge in [-0.3, -0.25) is 5.41 Å². The zero-order chi connectivity index (χ0) is 38.2. The molecule has 1 aromatic heterocycles. The van der Waals surface area contributed by atoms with Gasteiger partial charge < -0.3 is 28.4 Å². The predicted molar refractivity (Wildman–Crippen MR) is 194 cm³/mol. The molecule has 0 amide bonds. The van der Waals surface area contributed by atoms with Gasteiger partial charge in [0.1, 0.15) is 5.75 Å². The maximum atomic E-state index is 13.8.